The predicted molar refractivity (Wildman–Crippen MR) is 109 cm³/mol. The first-order valence-corrected chi connectivity index (χ1v) is 10.0. The molecule has 1 fully saturated rings. The second-order valence-electron chi connectivity index (χ2n) is 7.60. The molecule has 0 aliphatic carbocycles. The number of aromatic nitrogens is 3. The van der Waals surface area contributed by atoms with Gasteiger partial charge < -0.3 is 19.0 Å². The molecule has 0 saturated carbocycles. The highest BCUT2D eigenvalue weighted by Crippen LogP contribution is 2.30. The monoisotopic (exact) mass is 394 g/mol. The van der Waals surface area contributed by atoms with Crippen molar-refractivity contribution in [3.8, 4) is 11.3 Å². The van der Waals surface area contributed by atoms with Crippen molar-refractivity contribution in [2.24, 2.45) is 0 Å². The molecule has 3 aromatic rings. The minimum Gasteiger partial charge on any atom is -0.443 e. The van der Waals surface area contributed by atoms with E-state index < -0.39 is 0 Å². The van der Waals surface area contributed by atoms with E-state index in [0.717, 1.165) is 35.5 Å². The Balaban J connectivity index is 1.48. The van der Waals surface area contributed by atoms with E-state index in [1.807, 2.05) is 49.2 Å². The van der Waals surface area contributed by atoms with Gasteiger partial charge in [-0.25, -0.2) is 9.97 Å². The van der Waals surface area contributed by atoms with E-state index in [1.54, 1.807) is 0 Å². The summed E-state index contributed by atoms with van der Waals surface area (Å²) < 4.78 is 7.64. The molecule has 7 nitrogen and oxygen atoms in total. The maximum atomic E-state index is 13.1. The number of hydrogen-bond donors (Lipinski definition) is 1. The van der Waals surface area contributed by atoms with Gasteiger partial charge in [0.25, 0.3) is 5.91 Å². The van der Waals surface area contributed by atoms with Crippen LogP contribution in [0.15, 0.2) is 41.3 Å². The molecule has 1 amide bonds. The van der Waals surface area contributed by atoms with Crippen molar-refractivity contribution in [3.63, 3.8) is 0 Å². The molecule has 3 heterocycles. The topological polar surface area (TPSA) is 84.4 Å². The lowest BCUT2D eigenvalue weighted by Gasteiger charge is -2.31. The molecule has 0 radical (unpaired) electrons. The summed E-state index contributed by atoms with van der Waals surface area (Å²) in [6.07, 6.45) is 4.87. The second kappa shape index (κ2) is 8.21. The third-order valence-electron chi connectivity index (χ3n) is 5.61. The van der Waals surface area contributed by atoms with Crippen molar-refractivity contribution in [2.45, 2.75) is 39.2 Å². The number of carbonyl (C=O) groups is 1. The first-order valence-electron chi connectivity index (χ1n) is 10.0. The normalized spacial score (nSPS) is 15.1. The molecule has 29 heavy (non-hydrogen) atoms. The minimum atomic E-state index is -0.0939. The van der Waals surface area contributed by atoms with Gasteiger partial charge >= 0.3 is 0 Å². The Morgan fingerprint density at radius 2 is 2.03 bits per heavy atom. The highest BCUT2D eigenvalue weighted by atomic mass is 16.3. The lowest BCUT2D eigenvalue weighted by atomic mass is 9.95. The summed E-state index contributed by atoms with van der Waals surface area (Å²) in [6.45, 7) is 5.95. The number of piperidine rings is 1. The number of rotatable bonds is 5. The van der Waals surface area contributed by atoms with Crippen LogP contribution in [0.5, 0.6) is 0 Å². The SMILES string of the molecule is Cc1cccc(-c2ocnc2C(=O)N2CCC(c3ncc(C)n3CCO)CC2)c1. The van der Waals surface area contributed by atoms with E-state index in [2.05, 4.69) is 14.5 Å². The third kappa shape index (κ3) is 3.82. The molecule has 1 aliphatic rings. The van der Waals surface area contributed by atoms with Gasteiger partial charge in [0.15, 0.2) is 17.8 Å². The number of hydrogen-bond acceptors (Lipinski definition) is 5. The van der Waals surface area contributed by atoms with Crippen LogP contribution in [0, 0.1) is 13.8 Å². The fraction of sp³-hybridized carbons (Fsp3) is 0.409. The van der Waals surface area contributed by atoms with Crippen LogP contribution in [-0.4, -0.2) is 50.1 Å². The van der Waals surface area contributed by atoms with Gasteiger partial charge in [-0.2, -0.15) is 0 Å². The van der Waals surface area contributed by atoms with Crippen molar-refractivity contribution >= 4 is 5.91 Å². The van der Waals surface area contributed by atoms with Crippen molar-refractivity contribution in [1.82, 2.24) is 19.4 Å². The Bertz CT molecular complexity index is 999. The van der Waals surface area contributed by atoms with Crippen LogP contribution in [0.1, 0.15) is 46.3 Å². The number of amides is 1. The van der Waals surface area contributed by atoms with Crippen molar-refractivity contribution < 1.29 is 14.3 Å². The lowest BCUT2D eigenvalue weighted by molar-refractivity contribution is 0.0705. The van der Waals surface area contributed by atoms with Crippen LogP contribution >= 0.6 is 0 Å². The molecule has 1 saturated heterocycles. The highest BCUT2D eigenvalue weighted by molar-refractivity contribution is 5.97. The molecular formula is C22H26N4O3. The van der Waals surface area contributed by atoms with Crippen LogP contribution in [-0.2, 0) is 6.54 Å². The average Bonchev–Trinajstić information content (AvgIpc) is 3.36. The number of nitrogens with zero attached hydrogens (tertiary/aromatic N) is 4. The van der Waals surface area contributed by atoms with Crippen molar-refractivity contribution in [2.75, 3.05) is 19.7 Å². The maximum absolute atomic E-state index is 13.1. The van der Waals surface area contributed by atoms with Gasteiger partial charge in [0.2, 0.25) is 0 Å². The third-order valence-corrected chi connectivity index (χ3v) is 5.61. The van der Waals surface area contributed by atoms with Gasteiger partial charge in [0, 0.05) is 43.0 Å². The molecule has 0 spiro atoms. The summed E-state index contributed by atoms with van der Waals surface area (Å²) in [6, 6.07) is 7.88. The fourth-order valence-electron chi connectivity index (χ4n) is 4.08. The zero-order chi connectivity index (χ0) is 20.4. The Morgan fingerprint density at radius 1 is 1.24 bits per heavy atom. The van der Waals surface area contributed by atoms with E-state index in [1.165, 1.54) is 6.39 Å². The van der Waals surface area contributed by atoms with E-state index in [9.17, 15) is 9.90 Å². The van der Waals surface area contributed by atoms with Gasteiger partial charge in [-0.05, 0) is 32.8 Å². The first kappa shape index (κ1) is 19.4. The number of benzene rings is 1. The Hall–Kier alpha value is -2.93. The number of oxazole rings is 1. The van der Waals surface area contributed by atoms with Gasteiger partial charge in [-0.1, -0.05) is 23.8 Å². The van der Waals surface area contributed by atoms with E-state index in [-0.39, 0.29) is 18.4 Å². The van der Waals surface area contributed by atoms with Crippen LogP contribution in [0.25, 0.3) is 11.3 Å². The first-order chi connectivity index (χ1) is 14.1. The van der Waals surface area contributed by atoms with E-state index in [4.69, 9.17) is 4.42 Å². The molecule has 0 unspecified atom stereocenters. The molecule has 0 atom stereocenters. The summed E-state index contributed by atoms with van der Waals surface area (Å²) >= 11 is 0. The molecule has 7 heteroatoms. The smallest absolute Gasteiger partial charge is 0.276 e. The molecular weight excluding hydrogens is 368 g/mol. The summed E-state index contributed by atoms with van der Waals surface area (Å²) in [7, 11) is 0. The second-order valence-corrected chi connectivity index (χ2v) is 7.60. The van der Waals surface area contributed by atoms with Crippen LogP contribution in [0.3, 0.4) is 0 Å². The molecule has 1 N–H and O–H groups in total. The largest absolute Gasteiger partial charge is 0.443 e. The van der Waals surface area contributed by atoms with Gasteiger partial charge in [-0.15, -0.1) is 0 Å². The molecule has 1 aromatic carbocycles. The highest BCUT2D eigenvalue weighted by Gasteiger charge is 2.30. The van der Waals surface area contributed by atoms with Gasteiger partial charge in [0.05, 0.1) is 6.61 Å². The van der Waals surface area contributed by atoms with Gasteiger partial charge in [0.1, 0.15) is 5.82 Å². The molecule has 152 valence electrons. The maximum Gasteiger partial charge on any atom is 0.276 e. The number of carbonyl (C=O) groups excluding carboxylic acids is 1. The minimum absolute atomic E-state index is 0.0927. The Morgan fingerprint density at radius 3 is 2.76 bits per heavy atom. The Kier molecular flexibility index (Phi) is 5.49. The zero-order valence-electron chi connectivity index (χ0n) is 16.8. The number of aliphatic hydroxyl groups is 1. The molecule has 1 aliphatic heterocycles. The number of likely N-dealkylation sites (tertiary alicyclic amines) is 1. The summed E-state index contributed by atoms with van der Waals surface area (Å²) in [4.78, 5) is 23.7. The van der Waals surface area contributed by atoms with Crippen LogP contribution < -0.4 is 0 Å². The average molecular weight is 394 g/mol. The molecule has 2 aromatic heterocycles. The quantitative estimate of drug-likeness (QED) is 0.719. The van der Waals surface area contributed by atoms with Crippen LogP contribution in [0.4, 0.5) is 0 Å². The zero-order valence-corrected chi connectivity index (χ0v) is 16.8. The number of aryl methyl sites for hydroxylation is 2. The summed E-state index contributed by atoms with van der Waals surface area (Å²) in [5, 5.41) is 9.33. The summed E-state index contributed by atoms with van der Waals surface area (Å²) in [5.41, 5.74) is 3.39. The van der Waals surface area contributed by atoms with Gasteiger partial charge in [-0.3, -0.25) is 4.79 Å². The van der Waals surface area contributed by atoms with Crippen molar-refractivity contribution in [1.29, 1.82) is 0 Å². The van der Waals surface area contributed by atoms with Crippen LogP contribution in [0.2, 0.25) is 0 Å². The standard InChI is InChI=1S/C22H26N4O3/c1-15-4-3-5-18(12-15)20-19(24-14-29-20)22(28)25-8-6-17(7-9-25)21-23-13-16(2)26(21)10-11-27/h3-5,12-14,17,27H,6-11H2,1-2H3. The fourth-order valence-corrected chi connectivity index (χ4v) is 4.08. The Labute approximate surface area is 170 Å². The lowest BCUT2D eigenvalue weighted by Crippen LogP contribution is -2.38. The van der Waals surface area contributed by atoms with E-state index >= 15 is 0 Å². The molecule has 4 rings (SSSR count). The number of aliphatic hydroxyl groups excluding tert-OH is 1. The molecule has 0 bridgehead atoms. The van der Waals surface area contributed by atoms with E-state index in [0.29, 0.717) is 31.1 Å². The van der Waals surface area contributed by atoms with Crippen molar-refractivity contribution in [3.05, 3.63) is 59.6 Å². The predicted octanol–water partition coefficient (Wildman–Crippen LogP) is 3.17. The summed E-state index contributed by atoms with van der Waals surface area (Å²) in [5.74, 6) is 1.72. The number of imidazole rings is 1.